The van der Waals surface area contributed by atoms with Gasteiger partial charge in [-0.05, 0) is 77.0 Å². The van der Waals surface area contributed by atoms with Crippen LogP contribution in [0.25, 0.3) is 0 Å². The fourth-order valence-electron chi connectivity index (χ4n) is 7.22. The molecule has 0 amide bonds. The third-order valence-corrected chi connectivity index (χ3v) is 11.1. The van der Waals surface area contributed by atoms with E-state index in [9.17, 15) is 14.4 Å². The second-order valence-electron chi connectivity index (χ2n) is 17.1. The molecule has 0 aromatic carbocycles. The Morgan fingerprint density at radius 3 is 1.05 bits per heavy atom. The van der Waals surface area contributed by atoms with Crippen molar-refractivity contribution < 1.29 is 28.6 Å². The number of esters is 3. The molecule has 0 aromatic rings. The topological polar surface area (TPSA) is 78.9 Å². The Bertz CT molecular complexity index is 1060. The molecular weight excluding hydrogens is 745 g/mol. The number of rotatable bonds is 46. The van der Waals surface area contributed by atoms with Crippen LogP contribution in [0.3, 0.4) is 0 Å². The van der Waals surface area contributed by atoms with E-state index >= 15 is 0 Å². The van der Waals surface area contributed by atoms with Crippen molar-refractivity contribution in [2.45, 2.75) is 264 Å². The minimum atomic E-state index is -0.785. The SMILES string of the molecule is CC/C=C\C/C=C\C/C=C\CCCCCC(=O)OC(COC(=O)CCCCCCCCCCCC)COC(=O)CCCCCCCCCCC/C=C\CCCCCCCC. The number of carbonyl (C=O) groups is 3. The first kappa shape index (κ1) is 57.4. The van der Waals surface area contributed by atoms with Crippen molar-refractivity contribution in [1.82, 2.24) is 0 Å². The molecule has 1 unspecified atom stereocenters. The highest BCUT2D eigenvalue weighted by atomic mass is 16.6. The van der Waals surface area contributed by atoms with Gasteiger partial charge in [0.15, 0.2) is 6.10 Å². The van der Waals surface area contributed by atoms with Crippen molar-refractivity contribution in [3.63, 3.8) is 0 Å². The molecule has 0 spiro atoms. The van der Waals surface area contributed by atoms with Crippen molar-refractivity contribution in [3.8, 4) is 0 Å². The normalized spacial score (nSPS) is 12.4. The molecule has 0 heterocycles. The molecule has 0 aliphatic carbocycles. The summed E-state index contributed by atoms with van der Waals surface area (Å²) in [6, 6.07) is 0. The second kappa shape index (κ2) is 49.0. The molecule has 0 bridgehead atoms. The van der Waals surface area contributed by atoms with Crippen LogP contribution in [0.5, 0.6) is 0 Å². The minimum Gasteiger partial charge on any atom is -0.462 e. The van der Waals surface area contributed by atoms with Gasteiger partial charge in [0.25, 0.3) is 0 Å². The van der Waals surface area contributed by atoms with Crippen LogP contribution < -0.4 is 0 Å². The van der Waals surface area contributed by atoms with E-state index < -0.39 is 6.10 Å². The lowest BCUT2D eigenvalue weighted by Crippen LogP contribution is -2.30. The van der Waals surface area contributed by atoms with Gasteiger partial charge in [-0.2, -0.15) is 0 Å². The Morgan fingerprint density at radius 1 is 0.350 bits per heavy atom. The number of ether oxygens (including phenoxy) is 3. The second-order valence-corrected chi connectivity index (χ2v) is 17.1. The summed E-state index contributed by atoms with van der Waals surface area (Å²) in [6.07, 6.45) is 58.2. The van der Waals surface area contributed by atoms with Gasteiger partial charge in [-0.1, -0.05) is 211 Å². The predicted octanol–water partition coefficient (Wildman–Crippen LogP) is 16.7. The van der Waals surface area contributed by atoms with Crippen molar-refractivity contribution in [2.75, 3.05) is 13.2 Å². The molecule has 6 nitrogen and oxygen atoms in total. The smallest absolute Gasteiger partial charge is 0.306 e. The van der Waals surface area contributed by atoms with Crippen LogP contribution in [-0.2, 0) is 28.6 Å². The summed E-state index contributed by atoms with van der Waals surface area (Å²) in [6.45, 7) is 6.49. The van der Waals surface area contributed by atoms with Crippen LogP contribution in [0.4, 0.5) is 0 Å². The molecular formula is C54H96O6. The molecule has 0 aliphatic rings. The maximum atomic E-state index is 12.7. The van der Waals surface area contributed by atoms with Crippen molar-refractivity contribution in [1.29, 1.82) is 0 Å². The maximum Gasteiger partial charge on any atom is 0.306 e. The fourth-order valence-corrected chi connectivity index (χ4v) is 7.22. The van der Waals surface area contributed by atoms with Gasteiger partial charge in [-0.3, -0.25) is 14.4 Å². The zero-order valence-corrected chi connectivity index (χ0v) is 39.7. The summed E-state index contributed by atoms with van der Waals surface area (Å²) in [4.78, 5) is 37.9. The standard InChI is InChI=1S/C54H96O6/c1-4-7-10-13-16-19-22-24-25-26-27-28-29-31-32-35-38-41-44-47-53(56)59-50-51(49-58-52(55)46-43-40-37-34-21-18-15-12-9-6-3)60-54(57)48-45-42-39-36-33-30-23-20-17-14-11-8-5-2/h8,11,17,20,24-25,30,33,51H,4-7,9-10,12-16,18-19,21-23,26-29,31-32,34-50H2,1-3H3/b11-8-,20-17-,25-24-,33-30-. The molecule has 348 valence electrons. The number of hydrogen-bond donors (Lipinski definition) is 0. The van der Waals surface area contributed by atoms with Gasteiger partial charge in [0, 0.05) is 19.3 Å². The Labute approximate surface area is 371 Å². The van der Waals surface area contributed by atoms with E-state index in [-0.39, 0.29) is 31.1 Å². The summed E-state index contributed by atoms with van der Waals surface area (Å²) in [5, 5.41) is 0. The monoisotopic (exact) mass is 841 g/mol. The molecule has 0 fully saturated rings. The predicted molar refractivity (Wildman–Crippen MR) is 256 cm³/mol. The van der Waals surface area contributed by atoms with E-state index in [0.29, 0.717) is 19.3 Å². The van der Waals surface area contributed by atoms with Gasteiger partial charge in [0.05, 0.1) is 0 Å². The van der Waals surface area contributed by atoms with Crippen LogP contribution in [0.2, 0.25) is 0 Å². The van der Waals surface area contributed by atoms with Crippen molar-refractivity contribution >= 4 is 17.9 Å². The molecule has 0 radical (unpaired) electrons. The van der Waals surface area contributed by atoms with Gasteiger partial charge in [0.2, 0.25) is 0 Å². The minimum absolute atomic E-state index is 0.0836. The molecule has 0 aromatic heterocycles. The summed E-state index contributed by atoms with van der Waals surface area (Å²) in [7, 11) is 0. The third kappa shape index (κ3) is 46.4. The number of allylic oxidation sites excluding steroid dienone is 8. The maximum absolute atomic E-state index is 12.7. The van der Waals surface area contributed by atoms with E-state index in [2.05, 4.69) is 69.4 Å². The zero-order chi connectivity index (χ0) is 43.7. The molecule has 0 rings (SSSR count). The quantitative estimate of drug-likeness (QED) is 0.0263. The van der Waals surface area contributed by atoms with Gasteiger partial charge in [0.1, 0.15) is 13.2 Å². The number of unbranched alkanes of at least 4 members (excludes halogenated alkanes) is 27. The summed E-state index contributed by atoms with van der Waals surface area (Å²) >= 11 is 0. The molecule has 1 atom stereocenters. The highest BCUT2D eigenvalue weighted by molar-refractivity contribution is 5.71. The van der Waals surface area contributed by atoms with Crippen LogP contribution in [0.15, 0.2) is 48.6 Å². The van der Waals surface area contributed by atoms with Crippen molar-refractivity contribution in [3.05, 3.63) is 48.6 Å². The molecule has 0 saturated heterocycles. The summed E-state index contributed by atoms with van der Waals surface area (Å²) < 4.78 is 16.7. The van der Waals surface area contributed by atoms with E-state index in [1.807, 2.05) is 0 Å². The van der Waals surface area contributed by atoms with Crippen molar-refractivity contribution in [2.24, 2.45) is 0 Å². The first-order chi connectivity index (χ1) is 29.5. The average Bonchev–Trinajstić information content (AvgIpc) is 3.24. The number of carbonyl (C=O) groups excluding carboxylic acids is 3. The molecule has 6 heteroatoms. The van der Waals surface area contributed by atoms with Crippen LogP contribution in [0.1, 0.15) is 258 Å². The van der Waals surface area contributed by atoms with Gasteiger partial charge in [-0.25, -0.2) is 0 Å². The Hall–Kier alpha value is -2.63. The van der Waals surface area contributed by atoms with Gasteiger partial charge < -0.3 is 14.2 Å². The summed E-state index contributed by atoms with van der Waals surface area (Å²) in [5.74, 6) is -0.911. The third-order valence-electron chi connectivity index (χ3n) is 11.1. The zero-order valence-electron chi connectivity index (χ0n) is 39.7. The van der Waals surface area contributed by atoms with Gasteiger partial charge in [-0.15, -0.1) is 0 Å². The van der Waals surface area contributed by atoms with E-state index in [1.165, 1.54) is 135 Å². The highest BCUT2D eigenvalue weighted by Gasteiger charge is 2.19. The Balaban J connectivity index is 4.32. The Kier molecular flexibility index (Phi) is 46.9. The lowest BCUT2D eigenvalue weighted by molar-refractivity contribution is -0.167. The fraction of sp³-hybridized carbons (Fsp3) is 0.796. The lowest BCUT2D eigenvalue weighted by Gasteiger charge is -2.18. The average molecular weight is 841 g/mol. The van der Waals surface area contributed by atoms with E-state index in [1.54, 1.807) is 0 Å². The Morgan fingerprint density at radius 2 is 0.650 bits per heavy atom. The summed E-state index contributed by atoms with van der Waals surface area (Å²) in [5.41, 5.74) is 0. The van der Waals surface area contributed by atoms with Crippen LogP contribution >= 0.6 is 0 Å². The first-order valence-electron chi connectivity index (χ1n) is 25.6. The molecule has 0 aliphatic heterocycles. The lowest BCUT2D eigenvalue weighted by atomic mass is 10.1. The van der Waals surface area contributed by atoms with E-state index in [4.69, 9.17) is 14.2 Å². The first-order valence-corrected chi connectivity index (χ1v) is 25.6. The molecule has 0 N–H and O–H groups in total. The molecule has 0 saturated carbocycles. The molecule has 60 heavy (non-hydrogen) atoms. The van der Waals surface area contributed by atoms with Gasteiger partial charge >= 0.3 is 17.9 Å². The number of hydrogen-bond acceptors (Lipinski definition) is 6. The largest absolute Gasteiger partial charge is 0.462 e. The highest BCUT2D eigenvalue weighted by Crippen LogP contribution is 2.15. The van der Waals surface area contributed by atoms with Crippen LogP contribution in [0, 0.1) is 0 Å². The van der Waals surface area contributed by atoms with Crippen LogP contribution in [-0.4, -0.2) is 37.2 Å². The van der Waals surface area contributed by atoms with E-state index in [0.717, 1.165) is 83.5 Å².